The van der Waals surface area contributed by atoms with Crippen molar-refractivity contribution in [1.82, 2.24) is 14.7 Å². The highest BCUT2D eigenvalue weighted by molar-refractivity contribution is 5.79. The third kappa shape index (κ3) is 5.15. The van der Waals surface area contributed by atoms with E-state index < -0.39 is 6.10 Å². The molecule has 3 saturated heterocycles. The Morgan fingerprint density at radius 3 is 2.47 bits per heavy atom. The number of aliphatic hydroxyl groups excluding tert-OH is 1. The van der Waals surface area contributed by atoms with Gasteiger partial charge in [-0.2, -0.15) is 0 Å². The third-order valence-electron chi connectivity index (χ3n) is 7.23. The highest BCUT2D eigenvalue weighted by atomic mass is 16.5. The molecule has 3 heterocycles. The van der Waals surface area contributed by atoms with E-state index in [-0.39, 0.29) is 42.6 Å². The zero-order chi connectivity index (χ0) is 21.1. The largest absolute Gasteiger partial charge is 0.389 e. The fourth-order valence-electron chi connectivity index (χ4n) is 5.38. The van der Waals surface area contributed by atoms with Gasteiger partial charge in [-0.05, 0) is 32.7 Å². The molecule has 0 unspecified atom stereocenters. The number of carbonyl (C=O) groups is 2. The van der Waals surface area contributed by atoms with Gasteiger partial charge < -0.3 is 29.3 Å². The minimum Gasteiger partial charge on any atom is -0.389 e. The Labute approximate surface area is 179 Å². The molecule has 170 valence electrons. The van der Waals surface area contributed by atoms with Gasteiger partial charge in [0.05, 0.1) is 37.9 Å². The van der Waals surface area contributed by atoms with Gasteiger partial charge in [0.15, 0.2) is 0 Å². The van der Waals surface area contributed by atoms with Gasteiger partial charge in [0, 0.05) is 38.6 Å². The summed E-state index contributed by atoms with van der Waals surface area (Å²) in [5.74, 6) is 0.404. The predicted molar refractivity (Wildman–Crippen MR) is 111 cm³/mol. The normalized spacial score (nSPS) is 34.3. The van der Waals surface area contributed by atoms with Crippen molar-refractivity contribution in [3.63, 3.8) is 0 Å². The molecule has 8 nitrogen and oxygen atoms in total. The quantitative estimate of drug-likeness (QED) is 0.711. The summed E-state index contributed by atoms with van der Waals surface area (Å²) in [4.78, 5) is 32.0. The molecule has 0 bridgehead atoms. The molecule has 0 spiro atoms. The van der Waals surface area contributed by atoms with Crippen molar-refractivity contribution < 1.29 is 24.2 Å². The third-order valence-corrected chi connectivity index (χ3v) is 7.23. The van der Waals surface area contributed by atoms with E-state index in [1.807, 2.05) is 9.80 Å². The van der Waals surface area contributed by atoms with Crippen LogP contribution < -0.4 is 0 Å². The van der Waals surface area contributed by atoms with Crippen LogP contribution in [-0.4, -0.2) is 109 Å². The molecule has 4 atom stereocenters. The van der Waals surface area contributed by atoms with Crippen LogP contribution in [0, 0.1) is 5.92 Å². The first-order valence-electron chi connectivity index (χ1n) is 11.7. The molecule has 2 amide bonds. The number of ether oxygens (including phenoxy) is 2. The van der Waals surface area contributed by atoms with Gasteiger partial charge >= 0.3 is 0 Å². The van der Waals surface area contributed by atoms with Crippen molar-refractivity contribution in [1.29, 1.82) is 0 Å². The SMILES string of the molecule is CN1CCN(C(=O)C[C@@H]2CC[C@H]3[C@@H](COC[C@H](O)CN3C(=O)C3CCCC3)O2)CC1. The first-order chi connectivity index (χ1) is 14.5. The molecule has 1 aliphatic carbocycles. The average molecular weight is 424 g/mol. The van der Waals surface area contributed by atoms with Crippen LogP contribution in [0.3, 0.4) is 0 Å². The Hall–Kier alpha value is -1.22. The van der Waals surface area contributed by atoms with Gasteiger partial charge in [-0.25, -0.2) is 0 Å². The Balaban J connectivity index is 1.38. The molecule has 4 rings (SSSR count). The van der Waals surface area contributed by atoms with Crippen molar-refractivity contribution >= 4 is 11.8 Å². The summed E-state index contributed by atoms with van der Waals surface area (Å²) in [5, 5.41) is 10.3. The number of hydrogen-bond donors (Lipinski definition) is 1. The summed E-state index contributed by atoms with van der Waals surface area (Å²) in [7, 11) is 2.08. The van der Waals surface area contributed by atoms with Gasteiger partial charge in [-0.1, -0.05) is 12.8 Å². The van der Waals surface area contributed by atoms with E-state index in [0.29, 0.717) is 19.6 Å². The van der Waals surface area contributed by atoms with E-state index in [0.717, 1.165) is 64.7 Å². The van der Waals surface area contributed by atoms with Crippen LogP contribution in [0.1, 0.15) is 44.9 Å². The lowest BCUT2D eigenvalue weighted by Crippen LogP contribution is -2.58. The number of fused-ring (bicyclic) bond motifs is 1. The average Bonchev–Trinajstić information content (AvgIpc) is 3.26. The number of amides is 2. The summed E-state index contributed by atoms with van der Waals surface area (Å²) in [6.07, 6.45) is 5.03. The zero-order valence-electron chi connectivity index (χ0n) is 18.2. The molecular formula is C22H37N3O5. The fraction of sp³-hybridized carbons (Fsp3) is 0.909. The summed E-state index contributed by atoms with van der Waals surface area (Å²) in [5.41, 5.74) is 0. The maximum Gasteiger partial charge on any atom is 0.226 e. The maximum atomic E-state index is 13.2. The van der Waals surface area contributed by atoms with Crippen LogP contribution >= 0.6 is 0 Å². The molecule has 8 heteroatoms. The Morgan fingerprint density at radius 2 is 1.73 bits per heavy atom. The number of piperazine rings is 1. The molecule has 0 aromatic carbocycles. The van der Waals surface area contributed by atoms with E-state index in [9.17, 15) is 14.7 Å². The molecule has 1 saturated carbocycles. The molecular weight excluding hydrogens is 386 g/mol. The van der Waals surface area contributed by atoms with Crippen LogP contribution in [0.4, 0.5) is 0 Å². The molecule has 1 N–H and O–H groups in total. The Bertz CT molecular complexity index is 604. The molecule has 0 radical (unpaired) electrons. The number of nitrogens with zero attached hydrogens (tertiary/aromatic N) is 3. The van der Waals surface area contributed by atoms with Crippen molar-refractivity contribution in [2.75, 3.05) is 53.0 Å². The van der Waals surface area contributed by atoms with Crippen LogP contribution in [0.5, 0.6) is 0 Å². The number of likely N-dealkylation sites (N-methyl/N-ethyl adjacent to an activating group) is 1. The summed E-state index contributed by atoms with van der Waals surface area (Å²) < 4.78 is 12.0. The highest BCUT2D eigenvalue weighted by Crippen LogP contribution is 2.32. The van der Waals surface area contributed by atoms with E-state index in [1.165, 1.54) is 0 Å². The van der Waals surface area contributed by atoms with Crippen LogP contribution in [-0.2, 0) is 19.1 Å². The van der Waals surface area contributed by atoms with E-state index in [2.05, 4.69) is 11.9 Å². The van der Waals surface area contributed by atoms with Crippen LogP contribution in [0.15, 0.2) is 0 Å². The maximum absolute atomic E-state index is 13.2. The number of β-amino-alcohol motifs (C(OH)–C–C–N with tert-alkyl or cyclic N) is 1. The second-order valence-electron chi connectivity index (χ2n) is 9.49. The molecule has 4 aliphatic rings. The summed E-state index contributed by atoms with van der Waals surface area (Å²) in [6.45, 7) is 4.26. The number of rotatable bonds is 3. The minimum absolute atomic E-state index is 0.0785. The fourth-order valence-corrected chi connectivity index (χ4v) is 5.38. The molecule has 3 aliphatic heterocycles. The van der Waals surface area contributed by atoms with Gasteiger partial charge in [-0.15, -0.1) is 0 Å². The molecule has 4 fully saturated rings. The van der Waals surface area contributed by atoms with Crippen LogP contribution in [0.25, 0.3) is 0 Å². The second kappa shape index (κ2) is 9.94. The van der Waals surface area contributed by atoms with Crippen molar-refractivity contribution in [2.24, 2.45) is 5.92 Å². The lowest BCUT2D eigenvalue weighted by Gasteiger charge is -2.45. The van der Waals surface area contributed by atoms with Gasteiger partial charge in [0.2, 0.25) is 11.8 Å². The number of aliphatic hydroxyl groups is 1. The molecule has 30 heavy (non-hydrogen) atoms. The predicted octanol–water partition coefficient (Wildman–Crippen LogP) is 0.477. The van der Waals surface area contributed by atoms with E-state index in [1.54, 1.807) is 0 Å². The highest BCUT2D eigenvalue weighted by Gasteiger charge is 2.42. The van der Waals surface area contributed by atoms with E-state index >= 15 is 0 Å². The van der Waals surface area contributed by atoms with Crippen molar-refractivity contribution in [2.45, 2.75) is 69.3 Å². The second-order valence-corrected chi connectivity index (χ2v) is 9.49. The Morgan fingerprint density at radius 1 is 1.00 bits per heavy atom. The van der Waals surface area contributed by atoms with Crippen LogP contribution in [0.2, 0.25) is 0 Å². The molecule has 0 aromatic heterocycles. The zero-order valence-corrected chi connectivity index (χ0v) is 18.2. The Kier molecular flexibility index (Phi) is 7.28. The molecule has 0 aromatic rings. The monoisotopic (exact) mass is 423 g/mol. The summed E-state index contributed by atoms with van der Waals surface area (Å²) >= 11 is 0. The topological polar surface area (TPSA) is 82.6 Å². The summed E-state index contributed by atoms with van der Waals surface area (Å²) in [6, 6.07) is -0.0805. The lowest BCUT2D eigenvalue weighted by atomic mass is 9.93. The van der Waals surface area contributed by atoms with Crippen molar-refractivity contribution in [3.05, 3.63) is 0 Å². The number of hydrogen-bond acceptors (Lipinski definition) is 6. The van der Waals surface area contributed by atoms with Gasteiger partial charge in [-0.3, -0.25) is 9.59 Å². The van der Waals surface area contributed by atoms with Crippen molar-refractivity contribution in [3.8, 4) is 0 Å². The van der Waals surface area contributed by atoms with Gasteiger partial charge in [0.1, 0.15) is 6.10 Å². The first-order valence-corrected chi connectivity index (χ1v) is 11.7. The smallest absolute Gasteiger partial charge is 0.226 e. The van der Waals surface area contributed by atoms with Gasteiger partial charge in [0.25, 0.3) is 0 Å². The first kappa shape index (κ1) is 22.0. The minimum atomic E-state index is -0.659. The number of carbonyl (C=O) groups excluding carboxylic acids is 2. The van der Waals surface area contributed by atoms with E-state index in [4.69, 9.17) is 9.47 Å². The lowest BCUT2D eigenvalue weighted by molar-refractivity contribution is -0.173. The standard InChI is InChI=1S/C22H37N3O5/c1-23-8-10-24(11-9-23)21(27)12-18-6-7-19-20(30-18)15-29-14-17(26)13-25(19)22(28)16-4-2-3-5-16/h16-20,26H,2-15H2,1H3/t17-,18+,19+,20-/m1/s1.